The average Bonchev–Trinajstić information content (AvgIpc) is 2.66. The lowest BCUT2D eigenvalue weighted by molar-refractivity contribution is -0.460. The summed E-state index contributed by atoms with van der Waals surface area (Å²) in [5.41, 5.74) is -3.78. The summed E-state index contributed by atoms with van der Waals surface area (Å²) >= 11 is 0. The highest BCUT2D eigenvalue weighted by molar-refractivity contribution is 7.86. The Morgan fingerprint density at radius 1 is 0.788 bits per heavy atom. The summed E-state index contributed by atoms with van der Waals surface area (Å²) in [5.74, 6) is -10.5. The van der Waals surface area contributed by atoms with Gasteiger partial charge in [-0.1, -0.05) is 0 Å². The number of hydrogen-bond donors (Lipinski definition) is 1. The minimum Gasteiger partial charge on any atom is -0.289 e. The number of carbonyl (C=O) groups excluding carboxylic acids is 1. The standard InChI is InChI=1S/C17H8F10O5S/c18-10-4-1-8(2-5-10)13(28)9-3-6-12(19)11(7-9)14(20,21)15(22,23)32-16(24,25)17(26,27)33(29,30)31/h1-7H,(H,29,30,31). The van der Waals surface area contributed by atoms with Crippen LogP contribution in [0.2, 0.25) is 0 Å². The van der Waals surface area contributed by atoms with Crippen molar-refractivity contribution in [2.24, 2.45) is 0 Å². The third-order valence-corrected chi connectivity index (χ3v) is 4.84. The molecule has 0 fully saturated rings. The fourth-order valence-electron chi connectivity index (χ4n) is 2.27. The maximum Gasteiger partial charge on any atom is 0.460 e. The highest BCUT2D eigenvalue weighted by Gasteiger charge is 2.74. The lowest BCUT2D eigenvalue weighted by Gasteiger charge is -2.32. The quantitative estimate of drug-likeness (QED) is 0.306. The van der Waals surface area contributed by atoms with Crippen molar-refractivity contribution in [3.8, 4) is 0 Å². The van der Waals surface area contributed by atoms with E-state index in [1.165, 1.54) is 0 Å². The smallest absolute Gasteiger partial charge is 0.289 e. The van der Waals surface area contributed by atoms with Crippen LogP contribution in [0.3, 0.4) is 0 Å². The highest BCUT2D eigenvalue weighted by atomic mass is 32.2. The molecule has 0 unspecified atom stereocenters. The molecule has 2 aromatic rings. The predicted molar refractivity (Wildman–Crippen MR) is 87.6 cm³/mol. The van der Waals surface area contributed by atoms with E-state index in [4.69, 9.17) is 4.55 Å². The molecule has 0 aliphatic carbocycles. The monoisotopic (exact) mass is 514 g/mol. The Hall–Kier alpha value is -2.72. The molecule has 0 aromatic heterocycles. The highest BCUT2D eigenvalue weighted by Crippen LogP contribution is 2.50. The average molecular weight is 514 g/mol. The Morgan fingerprint density at radius 2 is 1.27 bits per heavy atom. The van der Waals surface area contributed by atoms with Crippen LogP contribution in [0, 0.1) is 11.6 Å². The van der Waals surface area contributed by atoms with Crippen molar-refractivity contribution in [2.45, 2.75) is 23.4 Å². The predicted octanol–water partition coefficient (Wildman–Crippen LogP) is 4.97. The van der Waals surface area contributed by atoms with Crippen molar-refractivity contribution in [3.05, 3.63) is 70.8 Å². The van der Waals surface area contributed by atoms with Crippen LogP contribution in [0.1, 0.15) is 21.5 Å². The molecule has 0 spiro atoms. The second kappa shape index (κ2) is 8.25. The lowest BCUT2D eigenvalue weighted by atomic mass is 9.98. The zero-order valence-electron chi connectivity index (χ0n) is 15.3. The topological polar surface area (TPSA) is 80.7 Å². The first kappa shape index (κ1) is 26.5. The van der Waals surface area contributed by atoms with Gasteiger partial charge < -0.3 is 0 Å². The first-order chi connectivity index (χ1) is 14.7. The van der Waals surface area contributed by atoms with Crippen LogP contribution < -0.4 is 0 Å². The van der Waals surface area contributed by atoms with Crippen LogP contribution in [0.4, 0.5) is 43.9 Å². The largest absolute Gasteiger partial charge is 0.460 e. The van der Waals surface area contributed by atoms with Gasteiger partial charge in [0.05, 0.1) is 5.56 Å². The van der Waals surface area contributed by atoms with E-state index in [2.05, 4.69) is 4.74 Å². The maximum absolute atomic E-state index is 14.2. The van der Waals surface area contributed by atoms with Gasteiger partial charge in [0.2, 0.25) is 0 Å². The van der Waals surface area contributed by atoms with Crippen LogP contribution in [0.15, 0.2) is 42.5 Å². The zero-order valence-corrected chi connectivity index (χ0v) is 16.1. The van der Waals surface area contributed by atoms with Gasteiger partial charge in [-0.25, -0.2) is 13.5 Å². The first-order valence-electron chi connectivity index (χ1n) is 8.03. The number of carbonyl (C=O) groups is 1. The Kier molecular flexibility index (Phi) is 6.63. The zero-order chi connectivity index (χ0) is 25.6. The van der Waals surface area contributed by atoms with Crippen molar-refractivity contribution in [3.63, 3.8) is 0 Å². The molecule has 0 heterocycles. The van der Waals surface area contributed by atoms with E-state index in [9.17, 15) is 57.1 Å². The van der Waals surface area contributed by atoms with Gasteiger partial charge in [0.15, 0.2) is 5.78 Å². The van der Waals surface area contributed by atoms with Gasteiger partial charge in [-0.3, -0.25) is 9.35 Å². The minimum atomic E-state index is -7.13. The maximum atomic E-state index is 14.2. The van der Waals surface area contributed by atoms with E-state index in [-0.39, 0.29) is 17.7 Å². The molecule has 0 saturated carbocycles. The van der Waals surface area contributed by atoms with Gasteiger partial charge in [0.1, 0.15) is 11.6 Å². The fraction of sp³-hybridized carbons (Fsp3) is 0.235. The molecule has 0 atom stereocenters. The van der Waals surface area contributed by atoms with Gasteiger partial charge in [0.25, 0.3) is 0 Å². The second-order valence-electron chi connectivity index (χ2n) is 6.23. The SMILES string of the molecule is O=C(c1ccc(F)cc1)c1ccc(F)c(C(F)(F)C(F)(F)OC(F)(F)C(F)(F)S(=O)(=O)O)c1. The molecule has 0 aliphatic rings. The van der Waals surface area contributed by atoms with Crippen molar-refractivity contribution < 1.29 is 66.4 Å². The summed E-state index contributed by atoms with van der Waals surface area (Å²) in [5, 5.41) is -6.81. The molecular formula is C17H8F10O5S. The number of halogens is 10. The third kappa shape index (κ3) is 4.81. The van der Waals surface area contributed by atoms with Crippen LogP contribution in [-0.4, -0.2) is 36.2 Å². The van der Waals surface area contributed by atoms with Crippen LogP contribution in [0.25, 0.3) is 0 Å². The summed E-state index contributed by atoms with van der Waals surface area (Å²) < 4.78 is 166. The van der Waals surface area contributed by atoms with Gasteiger partial charge in [-0.15, -0.1) is 0 Å². The molecule has 5 nitrogen and oxygen atoms in total. The minimum absolute atomic E-state index is 0.0427. The van der Waals surface area contributed by atoms with E-state index < -0.39 is 62.1 Å². The van der Waals surface area contributed by atoms with Gasteiger partial charge in [-0.2, -0.15) is 43.5 Å². The summed E-state index contributed by atoms with van der Waals surface area (Å²) in [4.78, 5) is 12.2. The molecular weight excluding hydrogens is 506 g/mol. The number of hydrogen-bond acceptors (Lipinski definition) is 4. The molecule has 2 aromatic carbocycles. The molecule has 1 N–H and O–H groups in total. The van der Waals surface area contributed by atoms with Crippen molar-refractivity contribution in [2.75, 3.05) is 0 Å². The molecule has 2 rings (SSSR count). The molecule has 0 bridgehead atoms. The Labute approximate surface area is 177 Å². The summed E-state index contributed by atoms with van der Waals surface area (Å²) in [6, 6.07) is 3.53. The van der Waals surface area contributed by atoms with E-state index in [0.717, 1.165) is 24.3 Å². The van der Waals surface area contributed by atoms with Crippen molar-refractivity contribution >= 4 is 15.9 Å². The van der Waals surface area contributed by atoms with Gasteiger partial charge >= 0.3 is 33.5 Å². The normalized spacial score (nSPS) is 13.8. The van der Waals surface area contributed by atoms with Crippen LogP contribution in [0.5, 0.6) is 0 Å². The molecule has 0 aliphatic heterocycles. The lowest BCUT2D eigenvalue weighted by Crippen LogP contribution is -2.55. The number of ether oxygens (including phenoxy) is 1. The number of ketones is 1. The number of rotatable bonds is 8. The first-order valence-corrected chi connectivity index (χ1v) is 9.47. The van der Waals surface area contributed by atoms with Crippen molar-refractivity contribution in [1.82, 2.24) is 0 Å². The fourth-order valence-corrected chi connectivity index (χ4v) is 2.61. The molecule has 0 saturated heterocycles. The van der Waals surface area contributed by atoms with E-state index in [1.807, 2.05) is 0 Å². The van der Waals surface area contributed by atoms with E-state index in [1.54, 1.807) is 0 Å². The van der Waals surface area contributed by atoms with Crippen LogP contribution >= 0.6 is 0 Å². The Morgan fingerprint density at radius 3 is 1.76 bits per heavy atom. The molecule has 16 heteroatoms. The molecule has 33 heavy (non-hydrogen) atoms. The third-order valence-electron chi connectivity index (χ3n) is 3.96. The summed E-state index contributed by atoms with van der Waals surface area (Å²) in [7, 11) is -7.13. The van der Waals surface area contributed by atoms with Crippen LogP contribution in [-0.2, 0) is 20.8 Å². The Balaban J connectivity index is 2.50. The number of benzene rings is 2. The summed E-state index contributed by atoms with van der Waals surface area (Å²) in [6.45, 7) is 0. The molecule has 0 amide bonds. The molecule has 182 valence electrons. The van der Waals surface area contributed by atoms with E-state index >= 15 is 0 Å². The molecule has 0 radical (unpaired) electrons. The Bertz CT molecular complexity index is 1160. The second-order valence-corrected chi connectivity index (χ2v) is 7.70. The number of alkyl halides is 8. The van der Waals surface area contributed by atoms with E-state index in [0.29, 0.717) is 6.07 Å². The van der Waals surface area contributed by atoms with Crippen molar-refractivity contribution in [1.29, 1.82) is 0 Å². The van der Waals surface area contributed by atoms with Gasteiger partial charge in [0, 0.05) is 11.1 Å². The summed E-state index contributed by atoms with van der Waals surface area (Å²) in [6.07, 6.45) is -13.6. The van der Waals surface area contributed by atoms with Gasteiger partial charge in [-0.05, 0) is 42.5 Å².